The normalized spacial score (nSPS) is 15.5. The van der Waals surface area contributed by atoms with Crippen LogP contribution in [0.15, 0.2) is 40.7 Å². The summed E-state index contributed by atoms with van der Waals surface area (Å²) >= 11 is 0. The molecule has 1 heterocycles. The molecule has 1 amide bonds. The summed E-state index contributed by atoms with van der Waals surface area (Å²) in [6.07, 6.45) is 19.5. The largest absolute Gasteiger partial charge is 0.491 e. The predicted octanol–water partition coefficient (Wildman–Crippen LogP) is 10.1. The molecular formula is C38H61NO5. The summed E-state index contributed by atoms with van der Waals surface area (Å²) in [6.45, 7) is 12.7. The summed E-state index contributed by atoms with van der Waals surface area (Å²) < 4.78 is 11.9. The van der Waals surface area contributed by atoms with Gasteiger partial charge in [-0.15, -0.1) is 0 Å². The number of ether oxygens (including phenoxy) is 2. The molecule has 0 saturated heterocycles. The monoisotopic (exact) mass is 611 g/mol. The fourth-order valence-corrected chi connectivity index (χ4v) is 6.74. The molecule has 0 saturated carbocycles. The molecular weight excluding hydrogens is 550 g/mol. The minimum Gasteiger partial charge on any atom is -0.491 e. The topological polar surface area (TPSA) is 76.1 Å². The lowest BCUT2D eigenvalue weighted by Gasteiger charge is -2.39. The van der Waals surface area contributed by atoms with Gasteiger partial charge in [0.25, 0.3) is 0 Å². The van der Waals surface area contributed by atoms with Crippen molar-refractivity contribution in [2.75, 3.05) is 13.7 Å². The molecule has 1 aromatic rings. The van der Waals surface area contributed by atoms with Gasteiger partial charge in [0.2, 0.25) is 0 Å². The zero-order valence-electron chi connectivity index (χ0n) is 28.9. The Bertz CT molecular complexity index is 1100. The van der Waals surface area contributed by atoms with Gasteiger partial charge in [-0.1, -0.05) is 103 Å². The van der Waals surface area contributed by atoms with Gasteiger partial charge in [0.15, 0.2) is 0 Å². The third-order valence-electron chi connectivity index (χ3n) is 9.00. The molecule has 2 rings (SSSR count). The Hall–Kier alpha value is -2.60. The van der Waals surface area contributed by atoms with Crippen LogP contribution in [-0.4, -0.2) is 41.7 Å². The predicted molar refractivity (Wildman–Crippen MR) is 181 cm³/mol. The summed E-state index contributed by atoms with van der Waals surface area (Å²) in [5.41, 5.74) is 5.90. The Morgan fingerprint density at radius 1 is 0.818 bits per heavy atom. The molecule has 44 heavy (non-hydrogen) atoms. The average Bonchev–Trinajstić information content (AvgIpc) is 2.98. The highest BCUT2D eigenvalue weighted by Gasteiger charge is 2.38. The lowest BCUT2D eigenvalue weighted by Crippen LogP contribution is -2.38. The van der Waals surface area contributed by atoms with Crippen LogP contribution in [0.1, 0.15) is 155 Å². The number of hydrogen-bond acceptors (Lipinski definition) is 4. The molecule has 0 aromatic heterocycles. The van der Waals surface area contributed by atoms with E-state index >= 15 is 0 Å². The molecule has 1 aromatic carbocycles. The van der Waals surface area contributed by atoms with E-state index < -0.39 is 11.9 Å². The zero-order valence-corrected chi connectivity index (χ0v) is 28.9. The molecule has 0 bridgehead atoms. The maximum Gasteiger partial charge on any atom is 0.395 e. The number of carbonyl (C=O) groups is 2. The van der Waals surface area contributed by atoms with Crippen LogP contribution in [-0.2, 0) is 20.7 Å². The summed E-state index contributed by atoms with van der Waals surface area (Å²) in [6, 6.07) is 6.38. The molecule has 0 fully saturated rings. The second kappa shape index (κ2) is 20.4. The Kier molecular flexibility index (Phi) is 17.5. The first kappa shape index (κ1) is 37.6. The summed E-state index contributed by atoms with van der Waals surface area (Å²) in [5, 5.41) is 9.63. The molecule has 0 aliphatic carbocycles. The van der Waals surface area contributed by atoms with Gasteiger partial charge in [-0.3, -0.25) is 9.69 Å². The van der Waals surface area contributed by atoms with Crippen molar-refractivity contribution in [3.63, 3.8) is 0 Å². The van der Waals surface area contributed by atoms with Gasteiger partial charge in [0, 0.05) is 30.0 Å². The summed E-state index contributed by atoms with van der Waals surface area (Å²) in [4.78, 5) is 26.1. The van der Waals surface area contributed by atoms with Gasteiger partial charge in [-0.2, -0.15) is 0 Å². The van der Waals surface area contributed by atoms with Crippen LogP contribution >= 0.6 is 0 Å². The number of unbranched alkanes of at least 4 members (excludes halogenated alkanes) is 12. The standard InChI is InChI=1S/C38H61NO5/c1-8-10-11-12-13-14-15-16-17-18-19-20-21-23-31-24-22-25-34(44-28(3)4)35(31)36-32(9-2)29(5)39(37(40)38(41)42)30(6)33(36)26-27-43-7/h22,24-25,28,36H,8-21,23,26-27H2,1-7H3,(H,41,42). The number of methoxy groups -OCH3 is 1. The number of hydrogen-bond donors (Lipinski definition) is 1. The first-order valence-corrected chi connectivity index (χ1v) is 17.4. The Labute approximate surface area is 268 Å². The van der Waals surface area contributed by atoms with Gasteiger partial charge < -0.3 is 14.6 Å². The van der Waals surface area contributed by atoms with Crippen molar-refractivity contribution in [1.82, 2.24) is 4.90 Å². The Balaban J connectivity index is 2.24. The number of allylic oxidation sites excluding steroid dienone is 3. The average molecular weight is 612 g/mol. The van der Waals surface area contributed by atoms with E-state index in [9.17, 15) is 14.7 Å². The van der Waals surface area contributed by atoms with E-state index in [1.807, 2.05) is 27.7 Å². The van der Waals surface area contributed by atoms with Crippen LogP contribution in [0.25, 0.3) is 0 Å². The highest BCUT2D eigenvalue weighted by atomic mass is 16.5. The second-order valence-corrected chi connectivity index (χ2v) is 12.7. The smallest absolute Gasteiger partial charge is 0.395 e. The third-order valence-corrected chi connectivity index (χ3v) is 9.00. The molecule has 0 spiro atoms. The molecule has 6 heteroatoms. The quantitative estimate of drug-likeness (QED) is 0.111. The van der Waals surface area contributed by atoms with Crippen LogP contribution in [0.5, 0.6) is 5.75 Å². The summed E-state index contributed by atoms with van der Waals surface area (Å²) in [7, 11) is 1.67. The van der Waals surface area contributed by atoms with Gasteiger partial charge in [0.1, 0.15) is 5.75 Å². The number of amides is 1. The van der Waals surface area contributed by atoms with E-state index in [-0.39, 0.29) is 12.0 Å². The van der Waals surface area contributed by atoms with Crippen LogP contribution in [0, 0.1) is 0 Å². The molecule has 1 atom stereocenters. The van der Waals surface area contributed by atoms with Crippen LogP contribution < -0.4 is 4.74 Å². The maximum absolute atomic E-state index is 12.9. The molecule has 1 N–H and O–H groups in total. The van der Waals surface area contributed by atoms with Crippen molar-refractivity contribution in [3.05, 3.63) is 51.9 Å². The molecule has 1 aliphatic heterocycles. The summed E-state index contributed by atoms with van der Waals surface area (Å²) in [5.74, 6) is -1.59. The number of rotatable bonds is 21. The van der Waals surface area contributed by atoms with Crippen LogP contribution in [0.2, 0.25) is 0 Å². The number of aliphatic carboxylic acids is 1. The van der Waals surface area contributed by atoms with Gasteiger partial charge in [-0.25, -0.2) is 4.79 Å². The van der Waals surface area contributed by atoms with Gasteiger partial charge in [-0.05, 0) is 76.2 Å². The van der Waals surface area contributed by atoms with Crippen LogP contribution in [0.3, 0.4) is 0 Å². The lowest BCUT2D eigenvalue weighted by atomic mass is 9.75. The van der Waals surface area contributed by atoms with E-state index in [0.29, 0.717) is 30.8 Å². The van der Waals surface area contributed by atoms with E-state index in [1.165, 1.54) is 87.5 Å². The molecule has 248 valence electrons. The van der Waals surface area contributed by atoms with Gasteiger partial charge >= 0.3 is 11.9 Å². The van der Waals surface area contributed by atoms with Crippen molar-refractivity contribution in [2.45, 2.75) is 156 Å². The SMILES string of the molecule is CCCCCCCCCCCCCCCc1cccc(OC(C)C)c1C1C(CC)=C(C)N(C(=O)C(=O)O)C(C)=C1CCOC. The van der Waals surface area contributed by atoms with Crippen molar-refractivity contribution < 1.29 is 24.2 Å². The lowest BCUT2D eigenvalue weighted by molar-refractivity contribution is -0.154. The fraction of sp³-hybridized carbons (Fsp3) is 0.684. The number of nitrogens with zero attached hydrogens (tertiary/aromatic N) is 1. The number of carboxylic acid groups (broad SMARTS) is 1. The Morgan fingerprint density at radius 2 is 1.36 bits per heavy atom. The van der Waals surface area contributed by atoms with Crippen molar-refractivity contribution >= 4 is 11.9 Å². The fourth-order valence-electron chi connectivity index (χ4n) is 6.74. The first-order chi connectivity index (χ1) is 21.2. The number of aryl methyl sites for hydroxylation is 1. The Morgan fingerprint density at radius 3 is 1.86 bits per heavy atom. The van der Waals surface area contributed by atoms with E-state index in [2.05, 4.69) is 32.0 Å². The van der Waals surface area contributed by atoms with Crippen LogP contribution in [0.4, 0.5) is 0 Å². The van der Waals surface area contributed by atoms with Crippen molar-refractivity contribution in [1.29, 1.82) is 0 Å². The highest BCUT2D eigenvalue weighted by Crippen LogP contribution is 2.48. The van der Waals surface area contributed by atoms with Crippen molar-refractivity contribution in [3.8, 4) is 5.75 Å². The number of benzene rings is 1. The minimum atomic E-state index is -1.45. The first-order valence-electron chi connectivity index (χ1n) is 17.4. The van der Waals surface area contributed by atoms with Gasteiger partial charge in [0.05, 0.1) is 12.7 Å². The third kappa shape index (κ3) is 11.1. The van der Waals surface area contributed by atoms with Crippen molar-refractivity contribution in [2.24, 2.45) is 0 Å². The molecule has 6 nitrogen and oxygen atoms in total. The zero-order chi connectivity index (χ0) is 32.5. The second-order valence-electron chi connectivity index (χ2n) is 12.7. The number of carboxylic acids is 1. The maximum atomic E-state index is 12.9. The molecule has 1 aliphatic rings. The highest BCUT2D eigenvalue weighted by molar-refractivity contribution is 6.32. The number of carbonyl (C=O) groups excluding carboxylic acids is 1. The van der Waals surface area contributed by atoms with E-state index in [0.717, 1.165) is 35.3 Å². The molecule has 0 radical (unpaired) electrons. The molecule has 1 unspecified atom stereocenters. The minimum absolute atomic E-state index is 0.0108. The van der Waals surface area contributed by atoms with E-state index in [4.69, 9.17) is 9.47 Å². The van der Waals surface area contributed by atoms with E-state index in [1.54, 1.807) is 7.11 Å².